The minimum absolute atomic E-state index is 0.166. The van der Waals surface area contributed by atoms with E-state index in [0.29, 0.717) is 12.1 Å². The molecule has 126 valence electrons. The van der Waals surface area contributed by atoms with Crippen molar-refractivity contribution in [1.82, 2.24) is 15.3 Å². The topological polar surface area (TPSA) is 66.9 Å². The molecule has 0 aliphatic carbocycles. The molecular weight excluding hydrogens is 380 g/mol. The number of benzene rings is 1. The molecule has 0 unspecified atom stereocenters. The zero-order valence-corrected chi connectivity index (χ0v) is 15.2. The van der Waals surface area contributed by atoms with Crippen molar-refractivity contribution in [2.24, 2.45) is 0 Å². The number of nitrogens with zero attached hydrogens (tertiary/aromatic N) is 2. The van der Waals surface area contributed by atoms with Crippen molar-refractivity contribution in [3.8, 4) is 0 Å². The van der Waals surface area contributed by atoms with E-state index in [0.717, 1.165) is 27.0 Å². The maximum absolute atomic E-state index is 12.3. The van der Waals surface area contributed by atoms with Gasteiger partial charge in [0, 0.05) is 35.3 Å². The average molecular weight is 397 g/mol. The standard InChI is InChI=1S/C19H17BrN4O/c1-13-8-16(20)2-3-18(13)24-17-9-15(11-22-12-17)19(25)23-10-14-4-6-21-7-5-14/h2-9,11-12,24H,10H2,1H3,(H,23,25). The van der Waals surface area contributed by atoms with Gasteiger partial charge in [0.1, 0.15) is 0 Å². The molecule has 2 heterocycles. The van der Waals surface area contributed by atoms with Gasteiger partial charge in [-0.2, -0.15) is 0 Å². The zero-order valence-electron chi connectivity index (χ0n) is 13.7. The van der Waals surface area contributed by atoms with Gasteiger partial charge in [0.25, 0.3) is 5.91 Å². The number of aryl methyl sites for hydroxylation is 1. The third-order valence-corrected chi connectivity index (χ3v) is 4.16. The van der Waals surface area contributed by atoms with Gasteiger partial charge in [-0.15, -0.1) is 0 Å². The second kappa shape index (κ2) is 7.90. The Balaban J connectivity index is 1.69. The maximum Gasteiger partial charge on any atom is 0.253 e. The number of anilines is 2. The van der Waals surface area contributed by atoms with Crippen LogP contribution in [0.25, 0.3) is 0 Å². The first-order chi connectivity index (χ1) is 12.1. The van der Waals surface area contributed by atoms with Crippen LogP contribution in [0.4, 0.5) is 11.4 Å². The number of amides is 1. The minimum atomic E-state index is -0.166. The van der Waals surface area contributed by atoms with Gasteiger partial charge < -0.3 is 10.6 Å². The van der Waals surface area contributed by atoms with E-state index in [-0.39, 0.29) is 5.91 Å². The Morgan fingerprint density at radius 3 is 2.64 bits per heavy atom. The Labute approximate surface area is 154 Å². The van der Waals surface area contributed by atoms with Crippen LogP contribution in [0.2, 0.25) is 0 Å². The SMILES string of the molecule is Cc1cc(Br)ccc1Nc1cncc(C(=O)NCc2ccncc2)c1. The normalized spacial score (nSPS) is 10.3. The van der Waals surface area contributed by atoms with Crippen LogP contribution in [0.3, 0.4) is 0 Å². The molecule has 1 aromatic carbocycles. The van der Waals surface area contributed by atoms with Crippen LogP contribution >= 0.6 is 15.9 Å². The van der Waals surface area contributed by atoms with Crippen LogP contribution in [-0.2, 0) is 6.54 Å². The highest BCUT2D eigenvalue weighted by Crippen LogP contribution is 2.23. The van der Waals surface area contributed by atoms with Gasteiger partial charge >= 0.3 is 0 Å². The number of aromatic nitrogens is 2. The average Bonchev–Trinajstić information content (AvgIpc) is 2.63. The summed E-state index contributed by atoms with van der Waals surface area (Å²) in [4.78, 5) is 20.5. The molecule has 1 amide bonds. The molecule has 0 radical (unpaired) electrons. The van der Waals surface area contributed by atoms with Crippen LogP contribution in [0.5, 0.6) is 0 Å². The highest BCUT2D eigenvalue weighted by molar-refractivity contribution is 9.10. The lowest BCUT2D eigenvalue weighted by Gasteiger charge is -2.11. The molecule has 0 bridgehead atoms. The summed E-state index contributed by atoms with van der Waals surface area (Å²) in [5.74, 6) is -0.166. The summed E-state index contributed by atoms with van der Waals surface area (Å²) in [6, 6.07) is 11.5. The van der Waals surface area contributed by atoms with E-state index in [9.17, 15) is 4.79 Å². The number of carbonyl (C=O) groups excluding carboxylic acids is 1. The van der Waals surface area contributed by atoms with Gasteiger partial charge in [0.05, 0.1) is 17.4 Å². The molecule has 0 saturated carbocycles. The number of carbonyl (C=O) groups is 1. The Kier molecular flexibility index (Phi) is 5.40. The summed E-state index contributed by atoms with van der Waals surface area (Å²) >= 11 is 3.45. The van der Waals surface area contributed by atoms with Gasteiger partial charge in [-0.05, 0) is 54.4 Å². The third-order valence-electron chi connectivity index (χ3n) is 3.67. The van der Waals surface area contributed by atoms with Crippen molar-refractivity contribution >= 4 is 33.2 Å². The van der Waals surface area contributed by atoms with E-state index in [4.69, 9.17) is 0 Å². The van der Waals surface area contributed by atoms with Gasteiger partial charge in [-0.1, -0.05) is 15.9 Å². The molecule has 2 N–H and O–H groups in total. The summed E-state index contributed by atoms with van der Waals surface area (Å²) in [5.41, 5.74) is 4.34. The molecule has 3 rings (SSSR count). The molecular formula is C19H17BrN4O. The third kappa shape index (κ3) is 4.64. The summed E-state index contributed by atoms with van der Waals surface area (Å²) in [5, 5.41) is 6.18. The molecule has 5 nitrogen and oxygen atoms in total. The molecule has 0 spiro atoms. The van der Waals surface area contributed by atoms with Crippen LogP contribution < -0.4 is 10.6 Å². The Hall–Kier alpha value is -2.73. The number of hydrogen-bond acceptors (Lipinski definition) is 4. The van der Waals surface area contributed by atoms with Gasteiger partial charge in [-0.25, -0.2) is 0 Å². The maximum atomic E-state index is 12.3. The molecule has 0 atom stereocenters. The van der Waals surface area contributed by atoms with Crippen molar-refractivity contribution in [1.29, 1.82) is 0 Å². The summed E-state index contributed by atoms with van der Waals surface area (Å²) in [7, 11) is 0. The second-order valence-corrected chi connectivity index (χ2v) is 6.50. The summed E-state index contributed by atoms with van der Waals surface area (Å²) < 4.78 is 1.03. The lowest BCUT2D eigenvalue weighted by atomic mass is 10.2. The fourth-order valence-corrected chi connectivity index (χ4v) is 2.82. The molecule has 25 heavy (non-hydrogen) atoms. The first-order valence-electron chi connectivity index (χ1n) is 7.77. The lowest BCUT2D eigenvalue weighted by molar-refractivity contribution is 0.0950. The number of halogens is 1. The number of rotatable bonds is 5. The summed E-state index contributed by atoms with van der Waals surface area (Å²) in [6.45, 7) is 2.47. The molecule has 3 aromatic rings. The lowest BCUT2D eigenvalue weighted by Crippen LogP contribution is -2.23. The molecule has 2 aromatic heterocycles. The van der Waals surface area contributed by atoms with Crippen LogP contribution in [-0.4, -0.2) is 15.9 Å². The Morgan fingerprint density at radius 2 is 1.88 bits per heavy atom. The van der Waals surface area contributed by atoms with Crippen LogP contribution in [0.1, 0.15) is 21.5 Å². The van der Waals surface area contributed by atoms with Gasteiger partial charge in [0.2, 0.25) is 0 Å². The molecule has 0 saturated heterocycles. The van der Waals surface area contributed by atoms with Crippen molar-refractivity contribution in [2.75, 3.05) is 5.32 Å². The van der Waals surface area contributed by atoms with E-state index in [1.165, 1.54) is 0 Å². The zero-order chi connectivity index (χ0) is 17.6. The van der Waals surface area contributed by atoms with E-state index < -0.39 is 0 Å². The van der Waals surface area contributed by atoms with Crippen molar-refractivity contribution in [3.05, 3.63) is 82.3 Å². The predicted octanol–water partition coefficient (Wildman–Crippen LogP) is 4.22. The van der Waals surface area contributed by atoms with E-state index in [2.05, 4.69) is 36.5 Å². The fraction of sp³-hybridized carbons (Fsp3) is 0.105. The van der Waals surface area contributed by atoms with Gasteiger partial charge in [0.15, 0.2) is 0 Å². The summed E-state index contributed by atoms with van der Waals surface area (Å²) in [6.07, 6.45) is 6.66. The Bertz CT molecular complexity index is 884. The van der Waals surface area contributed by atoms with Gasteiger partial charge in [-0.3, -0.25) is 14.8 Å². The minimum Gasteiger partial charge on any atom is -0.354 e. The number of hydrogen-bond donors (Lipinski definition) is 2. The molecule has 0 aliphatic rings. The molecule has 0 fully saturated rings. The molecule has 6 heteroatoms. The van der Waals surface area contributed by atoms with E-state index >= 15 is 0 Å². The van der Waals surface area contributed by atoms with Crippen LogP contribution in [0.15, 0.2) is 65.7 Å². The first-order valence-corrected chi connectivity index (χ1v) is 8.56. The largest absolute Gasteiger partial charge is 0.354 e. The second-order valence-electron chi connectivity index (χ2n) is 5.58. The number of nitrogens with one attached hydrogen (secondary N) is 2. The quantitative estimate of drug-likeness (QED) is 0.677. The van der Waals surface area contributed by atoms with Crippen LogP contribution in [0, 0.1) is 6.92 Å². The van der Waals surface area contributed by atoms with Crippen molar-refractivity contribution < 1.29 is 4.79 Å². The number of pyridine rings is 2. The fourth-order valence-electron chi connectivity index (χ4n) is 2.34. The monoisotopic (exact) mass is 396 g/mol. The highest BCUT2D eigenvalue weighted by atomic mass is 79.9. The van der Waals surface area contributed by atoms with E-state index in [1.54, 1.807) is 30.9 Å². The highest BCUT2D eigenvalue weighted by Gasteiger charge is 2.08. The molecule has 0 aliphatic heterocycles. The smallest absolute Gasteiger partial charge is 0.253 e. The van der Waals surface area contributed by atoms with Crippen molar-refractivity contribution in [2.45, 2.75) is 13.5 Å². The Morgan fingerprint density at radius 1 is 1.08 bits per heavy atom. The van der Waals surface area contributed by atoms with E-state index in [1.807, 2.05) is 37.3 Å². The predicted molar refractivity (Wildman–Crippen MR) is 102 cm³/mol. The first kappa shape index (κ1) is 17.1. The van der Waals surface area contributed by atoms with Crippen molar-refractivity contribution in [3.63, 3.8) is 0 Å².